The number of methoxy groups -OCH3 is 1. The van der Waals surface area contributed by atoms with Crippen molar-refractivity contribution in [3.05, 3.63) is 23.8 Å². The maximum Gasteiger partial charge on any atom is 0.240 e. The number of carbonyl (C=O) groups excluding carboxylic acids is 1. The summed E-state index contributed by atoms with van der Waals surface area (Å²) in [5.41, 5.74) is 6.23. The van der Waals surface area contributed by atoms with E-state index >= 15 is 0 Å². The molecule has 0 spiro atoms. The van der Waals surface area contributed by atoms with Gasteiger partial charge in [0.1, 0.15) is 0 Å². The van der Waals surface area contributed by atoms with Crippen LogP contribution in [0.1, 0.15) is 70.9 Å². The molecule has 0 aliphatic heterocycles. The molecule has 26 heavy (non-hydrogen) atoms. The molecular weight excluding hydrogens is 352 g/mol. The van der Waals surface area contributed by atoms with Gasteiger partial charge in [-0.05, 0) is 63.6 Å². The third-order valence-electron chi connectivity index (χ3n) is 4.92. The predicted octanol–water partition coefficient (Wildman–Crippen LogP) is 4.13. The quantitative estimate of drug-likeness (QED) is 0.706. The lowest BCUT2D eigenvalue weighted by molar-refractivity contribution is -0.126. The number of nitrogens with one attached hydrogen (secondary N) is 1. The van der Waals surface area contributed by atoms with Crippen molar-refractivity contribution in [2.45, 2.75) is 77.0 Å². The maximum absolute atomic E-state index is 12.4. The van der Waals surface area contributed by atoms with Crippen molar-refractivity contribution in [1.82, 2.24) is 5.32 Å². The zero-order valence-electron chi connectivity index (χ0n) is 16.3. The molecule has 5 nitrogen and oxygen atoms in total. The number of hydrogen-bond donors (Lipinski definition) is 2. The van der Waals surface area contributed by atoms with Crippen LogP contribution in [-0.2, 0) is 4.79 Å². The van der Waals surface area contributed by atoms with E-state index in [9.17, 15) is 4.79 Å². The molecule has 3 N–H and O–H groups in total. The van der Waals surface area contributed by atoms with Crippen LogP contribution < -0.4 is 20.5 Å². The van der Waals surface area contributed by atoms with Crippen molar-refractivity contribution in [3.63, 3.8) is 0 Å². The highest BCUT2D eigenvalue weighted by atomic mass is 35.5. The average molecular weight is 385 g/mol. The van der Waals surface area contributed by atoms with Crippen LogP contribution in [-0.4, -0.2) is 24.7 Å². The molecule has 1 aromatic rings. The van der Waals surface area contributed by atoms with E-state index in [1.165, 1.54) is 12.8 Å². The highest BCUT2D eigenvalue weighted by molar-refractivity contribution is 5.86. The van der Waals surface area contributed by atoms with Crippen molar-refractivity contribution in [2.75, 3.05) is 7.11 Å². The van der Waals surface area contributed by atoms with Crippen LogP contribution in [0.3, 0.4) is 0 Å². The van der Waals surface area contributed by atoms with E-state index in [0.29, 0.717) is 12.2 Å². The van der Waals surface area contributed by atoms with Crippen molar-refractivity contribution in [2.24, 2.45) is 5.73 Å². The third-order valence-corrected chi connectivity index (χ3v) is 4.92. The van der Waals surface area contributed by atoms with E-state index in [2.05, 4.69) is 5.32 Å². The fourth-order valence-corrected chi connectivity index (χ4v) is 3.31. The van der Waals surface area contributed by atoms with Crippen LogP contribution in [0.15, 0.2) is 18.2 Å². The van der Waals surface area contributed by atoms with Gasteiger partial charge in [0, 0.05) is 0 Å². The minimum atomic E-state index is -0.849. The predicted molar refractivity (Wildman–Crippen MR) is 107 cm³/mol. The second-order valence-corrected chi connectivity index (χ2v) is 7.30. The number of amides is 1. The number of nitrogens with two attached hydrogens (primary N) is 1. The minimum absolute atomic E-state index is 0. The normalized spacial score (nSPS) is 17.7. The molecule has 1 aromatic carbocycles. The number of benzene rings is 1. The first kappa shape index (κ1) is 22.6. The monoisotopic (exact) mass is 384 g/mol. The summed E-state index contributed by atoms with van der Waals surface area (Å²) < 4.78 is 11.6. The smallest absolute Gasteiger partial charge is 0.240 e. The van der Waals surface area contributed by atoms with Crippen LogP contribution in [0.25, 0.3) is 0 Å². The summed E-state index contributed by atoms with van der Waals surface area (Å²) in [6.45, 7) is 5.75. The van der Waals surface area contributed by atoms with Gasteiger partial charge in [-0.1, -0.05) is 19.4 Å². The van der Waals surface area contributed by atoms with Crippen LogP contribution in [0.2, 0.25) is 0 Å². The Balaban J connectivity index is 0.00000338. The summed E-state index contributed by atoms with van der Waals surface area (Å²) in [6.07, 6.45) is 6.46. The van der Waals surface area contributed by atoms with E-state index in [1.54, 1.807) is 14.0 Å². The second kappa shape index (κ2) is 10.0. The lowest BCUT2D eigenvalue weighted by Gasteiger charge is -2.26. The topological polar surface area (TPSA) is 73.6 Å². The van der Waals surface area contributed by atoms with Crippen LogP contribution in [0, 0.1) is 0 Å². The molecule has 0 saturated heterocycles. The SMILES string of the molecule is CCCC(C)(N)C(=O)NC(C)c1ccc(OC2CCCC2)c(OC)c1.Cl. The van der Waals surface area contributed by atoms with Crippen LogP contribution in [0.5, 0.6) is 11.5 Å². The fraction of sp³-hybridized carbons (Fsp3) is 0.650. The summed E-state index contributed by atoms with van der Waals surface area (Å²) >= 11 is 0. The van der Waals surface area contributed by atoms with Crippen molar-refractivity contribution < 1.29 is 14.3 Å². The highest BCUT2D eigenvalue weighted by Crippen LogP contribution is 2.33. The van der Waals surface area contributed by atoms with Gasteiger partial charge in [-0.15, -0.1) is 12.4 Å². The molecule has 0 aromatic heterocycles. The van der Waals surface area contributed by atoms with Gasteiger partial charge in [-0.3, -0.25) is 4.79 Å². The summed E-state index contributed by atoms with van der Waals surface area (Å²) in [5.74, 6) is 1.34. The Hall–Kier alpha value is -1.46. The van der Waals surface area contributed by atoms with Crippen molar-refractivity contribution >= 4 is 18.3 Å². The highest BCUT2D eigenvalue weighted by Gasteiger charge is 2.28. The van der Waals surface area contributed by atoms with E-state index in [1.807, 2.05) is 32.0 Å². The molecule has 0 radical (unpaired) electrons. The average Bonchev–Trinajstić information content (AvgIpc) is 3.08. The van der Waals surface area contributed by atoms with Gasteiger partial charge in [0.05, 0.1) is 24.8 Å². The molecule has 2 atom stereocenters. The second-order valence-electron chi connectivity index (χ2n) is 7.30. The fourth-order valence-electron chi connectivity index (χ4n) is 3.31. The molecule has 0 heterocycles. The molecule has 2 rings (SSSR count). The lowest BCUT2D eigenvalue weighted by Crippen LogP contribution is -2.52. The largest absolute Gasteiger partial charge is 0.493 e. The first-order valence-corrected chi connectivity index (χ1v) is 9.31. The van der Waals surface area contributed by atoms with Crippen molar-refractivity contribution in [3.8, 4) is 11.5 Å². The zero-order valence-corrected chi connectivity index (χ0v) is 17.2. The number of hydrogen-bond acceptors (Lipinski definition) is 4. The van der Waals surface area contributed by atoms with Gasteiger partial charge >= 0.3 is 0 Å². The number of carbonyl (C=O) groups is 1. The molecule has 1 amide bonds. The van der Waals surface area contributed by atoms with E-state index in [4.69, 9.17) is 15.2 Å². The van der Waals surface area contributed by atoms with Gasteiger partial charge < -0.3 is 20.5 Å². The first-order valence-electron chi connectivity index (χ1n) is 9.31. The zero-order chi connectivity index (χ0) is 18.4. The number of ether oxygens (including phenoxy) is 2. The molecule has 0 bridgehead atoms. The summed E-state index contributed by atoms with van der Waals surface area (Å²) in [4.78, 5) is 12.4. The summed E-state index contributed by atoms with van der Waals surface area (Å²) in [6, 6.07) is 5.69. The van der Waals surface area contributed by atoms with Gasteiger partial charge in [0.2, 0.25) is 5.91 Å². The lowest BCUT2D eigenvalue weighted by atomic mass is 9.95. The first-order chi connectivity index (χ1) is 11.9. The molecule has 148 valence electrons. The van der Waals surface area contributed by atoms with E-state index in [0.717, 1.165) is 30.6 Å². The minimum Gasteiger partial charge on any atom is -0.493 e. The number of halogens is 1. The van der Waals surface area contributed by atoms with Gasteiger partial charge in [-0.2, -0.15) is 0 Å². The van der Waals surface area contributed by atoms with Crippen molar-refractivity contribution in [1.29, 1.82) is 0 Å². The molecule has 1 aliphatic rings. The molecule has 2 unspecified atom stereocenters. The van der Waals surface area contributed by atoms with Crippen LogP contribution >= 0.6 is 12.4 Å². The third kappa shape index (κ3) is 5.78. The van der Waals surface area contributed by atoms with Gasteiger partial charge in [0.25, 0.3) is 0 Å². The van der Waals surface area contributed by atoms with E-state index in [-0.39, 0.29) is 30.5 Å². The van der Waals surface area contributed by atoms with Gasteiger partial charge in [0.15, 0.2) is 11.5 Å². The Kier molecular flexibility index (Phi) is 8.71. The van der Waals surface area contributed by atoms with Crippen LogP contribution in [0.4, 0.5) is 0 Å². The molecule has 1 aliphatic carbocycles. The molecule has 1 saturated carbocycles. The van der Waals surface area contributed by atoms with Gasteiger partial charge in [-0.25, -0.2) is 0 Å². The molecule has 1 fully saturated rings. The molecular formula is C20H33ClN2O3. The number of rotatable bonds is 8. The Labute approximate surface area is 163 Å². The Bertz CT molecular complexity index is 586. The Morgan fingerprint density at radius 2 is 2.00 bits per heavy atom. The summed E-state index contributed by atoms with van der Waals surface area (Å²) in [7, 11) is 1.64. The Morgan fingerprint density at radius 3 is 2.58 bits per heavy atom. The Morgan fingerprint density at radius 1 is 1.35 bits per heavy atom. The van der Waals surface area contributed by atoms with E-state index < -0.39 is 5.54 Å². The maximum atomic E-state index is 12.4. The summed E-state index contributed by atoms with van der Waals surface area (Å²) in [5, 5.41) is 3.00. The standard InChI is InChI=1S/C20H32N2O3.ClH/c1-5-12-20(3,21)19(23)22-14(2)15-10-11-17(18(13-15)24-4)25-16-8-6-7-9-16;/h10-11,13-14,16H,5-9,12,21H2,1-4H3,(H,22,23);1H. The molecule has 6 heteroatoms.